The van der Waals surface area contributed by atoms with E-state index in [1.165, 1.54) is 12.1 Å². The van der Waals surface area contributed by atoms with Gasteiger partial charge < -0.3 is 14.9 Å². The summed E-state index contributed by atoms with van der Waals surface area (Å²) in [5.74, 6) is -1.16. The number of aliphatic hydroxyl groups is 2. The second-order valence-electron chi connectivity index (χ2n) is 3.69. The molecule has 0 heterocycles. The number of hydrogen-bond acceptors (Lipinski definition) is 4. The first-order chi connectivity index (χ1) is 8.45. The van der Waals surface area contributed by atoms with Gasteiger partial charge >= 0.3 is 5.97 Å². The molecule has 0 aromatic heterocycles. The molecule has 1 aromatic rings. The number of esters is 1. The highest BCUT2D eigenvalue weighted by molar-refractivity contribution is 9.10. The van der Waals surface area contributed by atoms with E-state index >= 15 is 0 Å². The minimum absolute atomic E-state index is 0.201. The van der Waals surface area contributed by atoms with Crippen LogP contribution in [0.25, 0.3) is 0 Å². The van der Waals surface area contributed by atoms with Gasteiger partial charge in [-0.05, 0) is 40.5 Å². The summed E-state index contributed by atoms with van der Waals surface area (Å²) < 4.78 is 18.2. The molecule has 0 radical (unpaired) electrons. The summed E-state index contributed by atoms with van der Waals surface area (Å²) in [6.45, 7) is 1.85. The van der Waals surface area contributed by atoms with Crippen molar-refractivity contribution in [3.8, 4) is 0 Å². The second kappa shape index (κ2) is 6.82. The van der Waals surface area contributed by atoms with E-state index < -0.39 is 24.0 Å². The molecule has 0 fully saturated rings. The molecule has 2 N–H and O–H groups in total. The Morgan fingerprint density at radius 2 is 2.17 bits per heavy atom. The molecule has 0 aliphatic heterocycles. The number of ether oxygens (including phenoxy) is 1. The normalized spacial score (nSPS) is 14.1. The number of benzene rings is 1. The van der Waals surface area contributed by atoms with Crippen LogP contribution in [0, 0.1) is 5.82 Å². The fourth-order valence-electron chi connectivity index (χ4n) is 1.42. The first-order valence-corrected chi connectivity index (χ1v) is 6.21. The smallest absolute Gasteiger partial charge is 0.308 e. The summed E-state index contributed by atoms with van der Waals surface area (Å²) in [6, 6.07) is 3.99. The number of carbonyl (C=O) groups excluding carboxylic acids is 1. The van der Waals surface area contributed by atoms with Crippen LogP contribution >= 0.6 is 15.9 Å². The lowest BCUT2D eigenvalue weighted by Gasteiger charge is -2.17. The molecule has 100 valence electrons. The molecule has 2 unspecified atom stereocenters. The third-order valence-corrected chi connectivity index (χ3v) is 2.97. The maximum Gasteiger partial charge on any atom is 0.308 e. The Morgan fingerprint density at radius 1 is 1.50 bits per heavy atom. The van der Waals surface area contributed by atoms with E-state index in [0.29, 0.717) is 0 Å². The van der Waals surface area contributed by atoms with Gasteiger partial charge in [-0.3, -0.25) is 4.79 Å². The van der Waals surface area contributed by atoms with Gasteiger partial charge in [-0.1, -0.05) is 6.07 Å². The van der Waals surface area contributed by atoms with Gasteiger partial charge in [0.15, 0.2) is 0 Å². The lowest BCUT2D eigenvalue weighted by atomic mass is 10.0. The predicted molar refractivity (Wildman–Crippen MR) is 66.3 cm³/mol. The van der Waals surface area contributed by atoms with Crippen molar-refractivity contribution < 1.29 is 24.1 Å². The van der Waals surface area contributed by atoms with Crippen molar-refractivity contribution in [3.05, 3.63) is 34.1 Å². The summed E-state index contributed by atoms with van der Waals surface area (Å²) in [5.41, 5.74) is 0.201. The summed E-state index contributed by atoms with van der Waals surface area (Å²) in [6.07, 6.45) is -3.01. The first kappa shape index (κ1) is 15.1. The van der Waals surface area contributed by atoms with E-state index in [1.807, 2.05) is 0 Å². The highest BCUT2D eigenvalue weighted by Gasteiger charge is 2.22. The average Bonchev–Trinajstić information content (AvgIpc) is 2.32. The van der Waals surface area contributed by atoms with Crippen LogP contribution in [0.4, 0.5) is 4.39 Å². The Hall–Kier alpha value is -0.980. The molecule has 4 nitrogen and oxygen atoms in total. The van der Waals surface area contributed by atoms with Crippen LogP contribution in [-0.4, -0.2) is 28.9 Å². The molecule has 1 rings (SSSR count). The van der Waals surface area contributed by atoms with Crippen molar-refractivity contribution in [2.75, 3.05) is 6.61 Å². The van der Waals surface area contributed by atoms with Gasteiger partial charge in [0, 0.05) is 0 Å². The van der Waals surface area contributed by atoms with Crippen LogP contribution in [0.5, 0.6) is 0 Å². The van der Waals surface area contributed by atoms with Gasteiger partial charge in [0.2, 0.25) is 0 Å². The molecule has 2 atom stereocenters. The number of aliphatic hydroxyl groups excluding tert-OH is 2. The Kier molecular flexibility index (Phi) is 5.71. The van der Waals surface area contributed by atoms with Crippen LogP contribution in [0.1, 0.15) is 25.0 Å². The van der Waals surface area contributed by atoms with Crippen LogP contribution in [0.3, 0.4) is 0 Å². The average molecular weight is 321 g/mol. The lowest BCUT2D eigenvalue weighted by molar-refractivity contribution is -0.147. The minimum atomic E-state index is -1.34. The quantitative estimate of drug-likeness (QED) is 0.814. The topological polar surface area (TPSA) is 66.8 Å². The minimum Gasteiger partial charge on any atom is -0.466 e. The summed E-state index contributed by atoms with van der Waals surface area (Å²) in [7, 11) is 0. The van der Waals surface area contributed by atoms with E-state index in [9.17, 15) is 19.4 Å². The molecular weight excluding hydrogens is 307 g/mol. The number of halogens is 2. The maximum absolute atomic E-state index is 13.3. The standard InChI is InChI=1S/C12H14BrFO4/c1-2-18-11(16)6-10(15)12(17)7-3-4-8(13)9(14)5-7/h3-5,10,12,15,17H,2,6H2,1H3. The fourth-order valence-corrected chi connectivity index (χ4v) is 1.67. The van der Waals surface area contributed by atoms with Gasteiger partial charge in [-0.2, -0.15) is 0 Å². The first-order valence-electron chi connectivity index (χ1n) is 5.42. The molecule has 0 amide bonds. The maximum atomic E-state index is 13.3. The Labute approximate surface area is 113 Å². The second-order valence-corrected chi connectivity index (χ2v) is 4.55. The number of hydrogen-bond donors (Lipinski definition) is 2. The molecule has 1 aromatic carbocycles. The van der Waals surface area contributed by atoms with E-state index in [4.69, 9.17) is 0 Å². The molecule has 0 saturated carbocycles. The van der Waals surface area contributed by atoms with E-state index in [-0.39, 0.29) is 23.1 Å². The van der Waals surface area contributed by atoms with Crippen molar-refractivity contribution >= 4 is 21.9 Å². The third-order valence-electron chi connectivity index (χ3n) is 2.33. The largest absolute Gasteiger partial charge is 0.466 e. The molecule has 0 spiro atoms. The zero-order valence-electron chi connectivity index (χ0n) is 9.77. The molecule has 0 aliphatic carbocycles. The molecule has 0 saturated heterocycles. The molecule has 6 heteroatoms. The summed E-state index contributed by atoms with van der Waals surface area (Å²) in [4.78, 5) is 11.1. The van der Waals surface area contributed by atoms with Gasteiger partial charge in [-0.15, -0.1) is 0 Å². The van der Waals surface area contributed by atoms with Crippen LogP contribution in [0.15, 0.2) is 22.7 Å². The monoisotopic (exact) mass is 320 g/mol. The van der Waals surface area contributed by atoms with Crippen LogP contribution < -0.4 is 0 Å². The number of carbonyl (C=O) groups is 1. The Bertz CT molecular complexity index is 425. The highest BCUT2D eigenvalue weighted by atomic mass is 79.9. The van der Waals surface area contributed by atoms with Crippen LogP contribution in [0.2, 0.25) is 0 Å². The molecule has 0 bridgehead atoms. The fraction of sp³-hybridized carbons (Fsp3) is 0.417. The van der Waals surface area contributed by atoms with E-state index in [0.717, 1.165) is 6.07 Å². The van der Waals surface area contributed by atoms with Crippen molar-refractivity contribution in [2.45, 2.75) is 25.6 Å². The van der Waals surface area contributed by atoms with Gasteiger partial charge in [-0.25, -0.2) is 4.39 Å². The van der Waals surface area contributed by atoms with E-state index in [2.05, 4.69) is 20.7 Å². The predicted octanol–water partition coefficient (Wildman–Crippen LogP) is 1.94. The molecule has 0 aliphatic rings. The Balaban J connectivity index is 2.70. The molecular formula is C12H14BrFO4. The zero-order chi connectivity index (χ0) is 13.7. The van der Waals surface area contributed by atoms with E-state index in [1.54, 1.807) is 6.92 Å². The zero-order valence-corrected chi connectivity index (χ0v) is 11.4. The van der Waals surface area contributed by atoms with Gasteiger partial charge in [0.1, 0.15) is 11.9 Å². The molecule has 18 heavy (non-hydrogen) atoms. The summed E-state index contributed by atoms with van der Waals surface area (Å²) >= 11 is 2.98. The SMILES string of the molecule is CCOC(=O)CC(O)C(O)c1ccc(Br)c(F)c1. The Morgan fingerprint density at radius 3 is 2.72 bits per heavy atom. The summed E-state index contributed by atoms with van der Waals surface area (Å²) in [5, 5.41) is 19.4. The van der Waals surface area contributed by atoms with Crippen molar-refractivity contribution in [3.63, 3.8) is 0 Å². The highest BCUT2D eigenvalue weighted by Crippen LogP contribution is 2.23. The number of rotatable bonds is 5. The van der Waals surface area contributed by atoms with Crippen molar-refractivity contribution in [2.24, 2.45) is 0 Å². The lowest BCUT2D eigenvalue weighted by Crippen LogP contribution is -2.23. The third kappa shape index (κ3) is 4.04. The van der Waals surface area contributed by atoms with Gasteiger partial charge in [0.25, 0.3) is 0 Å². The van der Waals surface area contributed by atoms with Crippen molar-refractivity contribution in [1.29, 1.82) is 0 Å². The van der Waals surface area contributed by atoms with Gasteiger partial charge in [0.05, 0.1) is 23.6 Å². The van der Waals surface area contributed by atoms with Crippen LogP contribution in [-0.2, 0) is 9.53 Å². The van der Waals surface area contributed by atoms with Crippen molar-refractivity contribution in [1.82, 2.24) is 0 Å².